The average Bonchev–Trinajstić information content (AvgIpc) is 2.41. The second kappa shape index (κ2) is 6.18. The van der Waals surface area contributed by atoms with E-state index in [-0.39, 0.29) is 11.9 Å². The highest BCUT2D eigenvalue weighted by Crippen LogP contribution is 2.26. The van der Waals surface area contributed by atoms with Gasteiger partial charge in [0.25, 0.3) is 0 Å². The molecule has 19 heavy (non-hydrogen) atoms. The van der Waals surface area contributed by atoms with Gasteiger partial charge in [-0.25, -0.2) is 9.37 Å². The van der Waals surface area contributed by atoms with Crippen molar-refractivity contribution >= 4 is 5.69 Å². The molecule has 0 amide bonds. The minimum absolute atomic E-state index is 0.0286. The number of ether oxygens (including phenoxy) is 1. The van der Waals surface area contributed by atoms with Crippen molar-refractivity contribution in [3.05, 3.63) is 54.0 Å². The normalized spacial score (nSPS) is 11.9. The van der Waals surface area contributed by atoms with Crippen LogP contribution in [0, 0.1) is 5.82 Å². The summed E-state index contributed by atoms with van der Waals surface area (Å²) in [6.45, 7) is 4.44. The van der Waals surface area contributed by atoms with Crippen molar-refractivity contribution in [2.75, 3.05) is 11.9 Å². The Morgan fingerprint density at radius 3 is 2.89 bits per heavy atom. The van der Waals surface area contributed by atoms with Crippen molar-refractivity contribution in [1.82, 2.24) is 4.98 Å². The third-order valence-electron chi connectivity index (χ3n) is 2.77. The molecule has 0 radical (unpaired) electrons. The van der Waals surface area contributed by atoms with Gasteiger partial charge in [0.2, 0.25) is 5.88 Å². The van der Waals surface area contributed by atoms with Gasteiger partial charge in [0.15, 0.2) is 0 Å². The van der Waals surface area contributed by atoms with Gasteiger partial charge in [-0.2, -0.15) is 0 Å². The lowest BCUT2D eigenvalue weighted by molar-refractivity contribution is 0.328. The molecule has 2 aromatic rings. The average molecular weight is 260 g/mol. The van der Waals surface area contributed by atoms with Gasteiger partial charge < -0.3 is 10.1 Å². The first-order chi connectivity index (χ1) is 9.20. The van der Waals surface area contributed by atoms with E-state index < -0.39 is 0 Å². The molecule has 2 rings (SSSR count). The Kier molecular flexibility index (Phi) is 4.34. The molecule has 1 aromatic heterocycles. The minimum atomic E-state index is -0.234. The van der Waals surface area contributed by atoms with Gasteiger partial charge in [-0.1, -0.05) is 12.1 Å². The Labute approximate surface area is 112 Å². The van der Waals surface area contributed by atoms with E-state index in [1.165, 1.54) is 12.1 Å². The Balaban J connectivity index is 2.16. The van der Waals surface area contributed by atoms with Crippen LogP contribution in [-0.2, 0) is 0 Å². The second-order valence-electron chi connectivity index (χ2n) is 4.21. The highest BCUT2D eigenvalue weighted by molar-refractivity contribution is 5.53. The number of nitrogens with one attached hydrogen (secondary N) is 1. The summed E-state index contributed by atoms with van der Waals surface area (Å²) < 4.78 is 18.7. The number of halogens is 1. The van der Waals surface area contributed by atoms with Crippen LogP contribution in [0.4, 0.5) is 10.1 Å². The van der Waals surface area contributed by atoms with Gasteiger partial charge in [-0.05, 0) is 43.7 Å². The second-order valence-corrected chi connectivity index (χ2v) is 4.21. The molecule has 100 valence electrons. The maximum atomic E-state index is 13.2. The van der Waals surface area contributed by atoms with Gasteiger partial charge in [0.1, 0.15) is 5.82 Å². The van der Waals surface area contributed by atoms with Crippen molar-refractivity contribution in [1.29, 1.82) is 0 Å². The van der Waals surface area contributed by atoms with Gasteiger partial charge >= 0.3 is 0 Å². The quantitative estimate of drug-likeness (QED) is 0.888. The zero-order valence-electron chi connectivity index (χ0n) is 11.1. The van der Waals surface area contributed by atoms with Crippen LogP contribution in [0.1, 0.15) is 25.5 Å². The molecule has 1 aromatic carbocycles. The number of aromatic nitrogens is 1. The molecule has 0 bridgehead atoms. The SMILES string of the molecule is CCOc1ncccc1NC(C)c1cccc(F)c1. The van der Waals surface area contributed by atoms with Crippen molar-refractivity contribution in [3.8, 4) is 5.88 Å². The van der Waals surface area contributed by atoms with Crippen LogP contribution in [0.2, 0.25) is 0 Å². The van der Waals surface area contributed by atoms with Gasteiger partial charge in [0, 0.05) is 12.2 Å². The van der Waals surface area contributed by atoms with Gasteiger partial charge in [-0.3, -0.25) is 0 Å². The summed E-state index contributed by atoms with van der Waals surface area (Å²) in [5.41, 5.74) is 1.69. The molecule has 1 atom stereocenters. The summed E-state index contributed by atoms with van der Waals surface area (Å²) in [4.78, 5) is 4.17. The highest BCUT2D eigenvalue weighted by atomic mass is 19.1. The zero-order valence-corrected chi connectivity index (χ0v) is 11.1. The lowest BCUT2D eigenvalue weighted by atomic mass is 10.1. The number of benzene rings is 1. The molecule has 0 aliphatic heterocycles. The van der Waals surface area contributed by atoms with E-state index in [2.05, 4.69) is 10.3 Å². The fourth-order valence-electron chi connectivity index (χ4n) is 1.84. The molecule has 0 spiro atoms. The van der Waals surface area contributed by atoms with Crippen molar-refractivity contribution < 1.29 is 9.13 Å². The molecule has 0 fully saturated rings. The molecule has 0 aliphatic rings. The molecule has 4 heteroatoms. The lowest BCUT2D eigenvalue weighted by Gasteiger charge is -2.17. The Bertz CT molecular complexity index is 545. The van der Waals surface area contributed by atoms with Crippen LogP contribution < -0.4 is 10.1 Å². The van der Waals surface area contributed by atoms with Gasteiger partial charge in [-0.15, -0.1) is 0 Å². The molecular weight excluding hydrogens is 243 g/mol. The smallest absolute Gasteiger partial charge is 0.237 e. The van der Waals surface area contributed by atoms with E-state index in [4.69, 9.17) is 4.74 Å². The van der Waals surface area contributed by atoms with Crippen LogP contribution >= 0.6 is 0 Å². The summed E-state index contributed by atoms with van der Waals surface area (Å²) in [6.07, 6.45) is 1.68. The van der Waals surface area contributed by atoms with Crippen LogP contribution in [0.15, 0.2) is 42.6 Å². The minimum Gasteiger partial charge on any atom is -0.476 e. The molecule has 0 saturated heterocycles. The van der Waals surface area contributed by atoms with E-state index in [1.807, 2.05) is 32.0 Å². The molecular formula is C15H17FN2O. The highest BCUT2D eigenvalue weighted by Gasteiger charge is 2.10. The van der Waals surface area contributed by atoms with E-state index in [0.717, 1.165) is 11.3 Å². The number of hydrogen-bond donors (Lipinski definition) is 1. The number of hydrogen-bond acceptors (Lipinski definition) is 3. The number of nitrogens with zero attached hydrogens (tertiary/aromatic N) is 1. The molecule has 1 heterocycles. The molecule has 0 saturated carbocycles. The molecule has 3 nitrogen and oxygen atoms in total. The summed E-state index contributed by atoms with van der Waals surface area (Å²) in [5, 5.41) is 3.28. The third kappa shape index (κ3) is 3.44. The van der Waals surface area contributed by atoms with Crippen LogP contribution in [0.5, 0.6) is 5.88 Å². The first-order valence-electron chi connectivity index (χ1n) is 6.30. The Morgan fingerprint density at radius 1 is 1.32 bits per heavy atom. The summed E-state index contributed by atoms with van der Waals surface area (Å²) in [5.74, 6) is 0.329. The van der Waals surface area contributed by atoms with Crippen LogP contribution in [-0.4, -0.2) is 11.6 Å². The monoisotopic (exact) mass is 260 g/mol. The Hall–Kier alpha value is -2.10. The zero-order chi connectivity index (χ0) is 13.7. The number of rotatable bonds is 5. The van der Waals surface area contributed by atoms with Crippen molar-refractivity contribution in [2.45, 2.75) is 19.9 Å². The van der Waals surface area contributed by atoms with E-state index >= 15 is 0 Å². The fourth-order valence-corrected chi connectivity index (χ4v) is 1.84. The van der Waals surface area contributed by atoms with E-state index in [9.17, 15) is 4.39 Å². The van der Waals surface area contributed by atoms with E-state index in [0.29, 0.717) is 12.5 Å². The predicted octanol–water partition coefficient (Wildman–Crippen LogP) is 3.79. The third-order valence-corrected chi connectivity index (χ3v) is 2.77. The fraction of sp³-hybridized carbons (Fsp3) is 0.267. The van der Waals surface area contributed by atoms with E-state index in [1.54, 1.807) is 12.3 Å². The van der Waals surface area contributed by atoms with Crippen molar-refractivity contribution in [2.24, 2.45) is 0 Å². The first-order valence-corrected chi connectivity index (χ1v) is 6.30. The lowest BCUT2D eigenvalue weighted by Crippen LogP contribution is -2.09. The predicted molar refractivity (Wildman–Crippen MR) is 73.8 cm³/mol. The Morgan fingerprint density at radius 2 is 2.16 bits per heavy atom. The van der Waals surface area contributed by atoms with Crippen LogP contribution in [0.3, 0.4) is 0 Å². The maximum absolute atomic E-state index is 13.2. The molecule has 0 aliphatic carbocycles. The molecule has 1 unspecified atom stereocenters. The summed E-state index contributed by atoms with van der Waals surface area (Å²) in [6, 6.07) is 10.3. The molecule has 1 N–H and O–H groups in total. The maximum Gasteiger partial charge on any atom is 0.237 e. The standard InChI is InChI=1S/C15H17FN2O/c1-3-19-15-14(8-5-9-17-15)18-11(2)12-6-4-7-13(16)10-12/h4-11,18H,3H2,1-2H3. The largest absolute Gasteiger partial charge is 0.476 e. The topological polar surface area (TPSA) is 34.1 Å². The van der Waals surface area contributed by atoms with Gasteiger partial charge in [0.05, 0.1) is 12.3 Å². The van der Waals surface area contributed by atoms with Crippen molar-refractivity contribution in [3.63, 3.8) is 0 Å². The summed E-state index contributed by atoms with van der Waals surface area (Å²) >= 11 is 0. The first kappa shape index (κ1) is 13.3. The number of pyridine rings is 1. The van der Waals surface area contributed by atoms with Crippen LogP contribution in [0.25, 0.3) is 0 Å². The summed E-state index contributed by atoms with van der Waals surface area (Å²) in [7, 11) is 0. The number of anilines is 1.